The highest BCUT2D eigenvalue weighted by Gasteiger charge is 2.23. The average molecular weight is 443 g/mol. The molecule has 5 nitrogen and oxygen atoms in total. The molecule has 30 heavy (non-hydrogen) atoms. The van der Waals surface area contributed by atoms with Gasteiger partial charge < -0.3 is 16.0 Å². The molecule has 2 amide bonds. The monoisotopic (exact) mass is 442 g/mol. The number of nitrogens with one attached hydrogen (secondary N) is 3. The van der Waals surface area contributed by atoms with Gasteiger partial charge >= 0.3 is 6.03 Å². The number of fused-ring (bicyclic) bond motifs is 1. The zero-order valence-electron chi connectivity index (χ0n) is 16.7. The number of rotatable bonds is 4. The second-order valence-electron chi connectivity index (χ2n) is 7.73. The Kier molecular flexibility index (Phi) is 6.30. The van der Waals surface area contributed by atoms with Crippen molar-refractivity contribution in [2.75, 3.05) is 10.6 Å². The second-order valence-corrected chi connectivity index (χ2v) is 8.52. The van der Waals surface area contributed by atoms with Gasteiger partial charge in [-0.15, -0.1) is 0 Å². The molecule has 4 rings (SSSR count). The van der Waals surface area contributed by atoms with Crippen LogP contribution in [-0.4, -0.2) is 23.1 Å². The lowest BCUT2D eigenvalue weighted by Crippen LogP contribution is -2.42. The minimum Gasteiger partial charge on any atom is -0.367 e. The van der Waals surface area contributed by atoms with Crippen molar-refractivity contribution in [1.82, 2.24) is 10.3 Å². The predicted molar refractivity (Wildman–Crippen MR) is 125 cm³/mol. The third-order valence-electron chi connectivity index (χ3n) is 5.54. The van der Waals surface area contributed by atoms with Crippen LogP contribution in [-0.2, 0) is 0 Å². The number of carbonyl (C=O) groups is 1. The van der Waals surface area contributed by atoms with Crippen LogP contribution >= 0.6 is 23.2 Å². The van der Waals surface area contributed by atoms with Crippen molar-refractivity contribution in [2.24, 2.45) is 0 Å². The molecule has 3 N–H and O–H groups in total. The van der Waals surface area contributed by atoms with Gasteiger partial charge in [-0.1, -0.05) is 47.5 Å². The quantitative estimate of drug-likeness (QED) is 0.438. The highest BCUT2D eigenvalue weighted by molar-refractivity contribution is 6.43. The van der Waals surface area contributed by atoms with Gasteiger partial charge in [0.25, 0.3) is 0 Å². The summed E-state index contributed by atoms with van der Waals surface area (Å²) in [7, 11) is 0. The van der Waals surface area contributed by atoms with E-state index in [0.29, 0.717) is 21.8 Å². The molecule has 1 fully saturated rings. The van der Waals surface area contributed by atoms with E-state index in [0.717, 1.165) is 37.0 Å². The Labute approximate surface area is 186 Å². The minimum absolute atomic E-state index is 0.132. The van der Waals surface area contributed by atoms with Gasteiger partial charge in [0.15, 0.2) is 0 Å². The van der Waals surface area contributed by atoms with Gasteiger partial charge in [0.2, 0.25) is 0 Å². The highest BCUT2D eigenvalue weighted by Crippen LogP contribution is 2.30. The number of urea groups is 1. The summed E-state index contributed by atoms with van der Waals surface area (Å²) >= 11 is 12.1. The maximum absolute atomic E-state index is 12.3. The number of benzene rings is 2. The zero-order chi connectivity index (χ0) is 21.1. The molecule has 1 aliphatic rings. The molecular formula is C23H24Cl2N4O. The van der Waals surface area contributed by atoms with Crippen molar-refractivity contribution < 1.29 is 4.79 Å². The van der Waals surface area contributed by atoms with E-state index in [1.54, 1.807) is 18.2 Å². The van der Waals surface area contributed by atoms with E-state index >= 15 is 0 Å². The zero-order valence-corrected chi connectivity index (χ0v) is 18.2. The van der Waals surface area contributed by atoms with E-state index in [2.05, 4.69) is 35.0 Å². The molecule has 0 atom stereocenters. The molecule has 2 aromatic carbocycles. The van der Waals surface area contributed by atoms with E-state index in [1.165, 1.54) is 10.9 Å². The molecule has 156 valence electrons. The number of amides is 2. The summed E-state index contributed by atoms with van der Waals surface area (Å²) in [6.45, 7) is 2.11. The third kappa shape index (κ3) is 4.79. The van der Waals surface area contributed by atoms with Crippen LogP contribution in [0.3, 0.4) is 0 Å². The third-order valence-corrected chi connectivity index (χ3v) is 6.36. The number of hydrogen-bond acceptors (Lipinski definition) is 3. The summed E-state index contributed by atoms with van der Waals surface area (Å²) in [6, 6.07) is 15.7. The van der Waals surface area contributed by atoms with Crippen molar-refractivity contribution in [3.63, 3.8) is 0 Å². The van der Waals surface area contributed by atoms with Crippen molar-refractivity contribution in [1.29, 1.82) is 0 Å². The normalized spacial score (nSPS) is 18.8. The maximum Gasteiger partial charge on any atom is 0.319 e. The van der Waals surface area contributed by atoms with Crippen LogP contribution in [0.4, 0.5) is 16.3 Å². The standard InChI is InChI=1S/C23H24Cl2N4O/c1-14-13-21(28-19-7-3-2-5-17(14)19)26-15-9-11-16(12-10-15)27-23(30)29-20-8-4-6-18(24)22(20)25/h2-8,13,15-16H,9-12H2,1H3,(H,26,28)(H2,27,29,30)/t15-,16+. The minimum atomic E-state index is -0.262. The van der Waals surface area contributed by atoms with Gasteiger partial charge in [-0.3, -0.25) is 0 Å². The first kappa shape index (κ1) is 20.8. The Hall–Kier alpha value is -2.50. The van der Waals surface area contributed by atoms with Crippen LogP contribution in [0.15, 0.2) is 48.5 Å². The number of anilines is 2. The van der Waals surface area contributed by atoms with E-state index in [1.807, 2.05) is 18.2 Å². The molecule has 1 aromatic heterocycles. The average Bonchev–Trinajstić information content (AvgIpc) is 2.73. The van der Waals surface area contributed by atoms with Crippen molar-refractivity contribution >= 4 is 51.6 Å². The Bertz CT molecular complexity index is 1060. The van der Waals surface area contributed by atoms with Crippen molar-refractivity contribution in [3.05, 3.63) is 64.1 Å². The molecule has 0 bridgehead atoms. The Morgan fingerprint density at radius 1 is 1.00 bits per heavy atom. The molecule has 1 aliphatic carbocycles. The van der Waals surface area contributed by atoms with Crippen LogP contribution in [0.2, 0.25) is 10.0 Å². The number of carbonyl (C=O) groups excluding carboxylic acids is 1. The maximum atomic E-state index is 12.3. The fourth-order valence-corrected chi connectivity index (χ4v) is 4.31. The van der Waals surface area contributed by atoms with E-state index in [9.17, 15) is 4.79 Å². The summed E-state index contributed by atoms with van der Waals surface area (Å²) in [6.07, 6.45) is 3.74. The lowest BCUT2D eigenvalue weighted by Gasteiger charge is -2.30. The summed E-state index contributed by atoms with van der Waals surface area (Å²) in [5, 5.41) is 11.3. The number of nitrogens with zero attached hydrogens (tertiary/aromatic N) is 1. The Morgan fingerprint density at radius 3 is 2.53 bits per heavy atom. The van der Waals surface area contributed by atoms with Crippen molar-refractivity contribution in [3.8, 4) is 0 Å². The molecule has 1 heterocycles. The first-order valence-corrected chi connectivity index (χ1v) is 10.9. The van der Waals surface area contributed by atoms with Gasteiger partial charge in [0, 0.05) is 17.5 Å². The largest absolute Gasteiger partial charge is 0.367 e. The summed E-state index contributed by atoms with van der Waals surface area (Å²) in [4.78, 5) is 17.1. The Balaban J connectivity index is 1.30. The molecular weight excluding hydrogens is 419 g/mol. The molecule has 0 saturated heterocycles. The van der Waals surface area contributed by atoms with Gasteiger partial charge in [-0.25, -0.2) is 9.78 Å². The van der Waals surface area contributed by atoms with Gasteiger partial charge in [0.05, 0.1) is 21.2 Å². The van der Waals surface area contributed by atoms with Crippen molar-refractivity contribution in [2.45, 2.75) is 44.7 Å². The number of para-hydroxylation sites is 1. The molecule has 7 heteroatoms. The first-order chi connectivity index (χ1) is 14.5. The van der Waals surface area contributed by atoms with Crippen LogP contribution in [0.25, 0.3) is 10.9 Å². The van der Waals surface area contributed by atoms with Crippen LogP contribution in [0.1, 0.15) is 31.2 Å². The summed E-state index contributed by atoms with van der Waals surface area (Å²) < 4.78 is 0. The fourth-order valence-electron chi connectivity index (χ4n) is 3.96. The topological polar surface area (TPSA) is 66.0 Å². The smallest absolute Gasteiger partial charge is 0.319 e. The fraction of sp³-hybridized carbons (Fsp3) is 0.304. The number of hydrogen-bond donors (Lipinski definition) is 3. The SMILES string of the molecule is Cc1cc(N[C@H]2CC[C@@H](NC(=O)Nc3cccc(Cl)c3Cl)CC2)nc2ccccc12. The molecule has 3 aromatic rings. The molecule has 0 radical (unpaired) electrons. The number of aryl methyl sites for hydroxylation is 1. The number of halogens is 2. The lowest BCUT2D eigenvalue weighted by atomic mass is 9.91. The number of pyridine rings is 1. The van der Waals surface area contributed by atoms with Crippen LogP contribution < -0.4 is 16.0 Å². The molecule has 1 saturated carbocycles. The van der Waals surface area contributed by atoms with Gasteiger partial charge in [-0.05, 0) is 62.4 Å². The van der Waals surface area contributed by atoms with Crippen LogP contribution in [0, 0.1) is 6.92 Å². The summed E-state index contributed by atoms with van der Waals surface area (Å²) in [5.41, 5.74) is 2.73. The Morgan fingerprint density at radius 2 is 1.73 bits per heavy atom. The molecule has 0 aliphatic heterocycles. The molecule has 0 unspecified atom stereocenters. The van der Waals surface area contributed by atoms with E-state index < -0.39 is 0 Å². The molecule has 0 spiro atoms. The van der Waals surface area contributed by atoms with Gasteiger partial charge in [-0.2, -0.15) is 0 Å². The van der Waals surface area contributed by atoms with Gasteiger partial charge in [0.1, 0.15) is 5.82 Å². The highest BCUT2D eigenvalue weighted by atomic mass is 35.5. The van der Waals surface area contributed by atoms with Crippen LogP contribution in [0.5, 0.6) is 0 Å². The lowest BCUT2D eigenvalue weighted by molar-refractivity contribution is 0.243. The van der Waals surface area contributed by atoms with E-state index in [4.69, 9.17) is 28.2 Å². The second kappa shape index (κ2) is 9.11. The predicted octanol–water partition coefficient (Wildman–Crippen LogP) is 6.39. The summed E-state index contributed by atoms with van der Waals surface area (Å²) in [5.74, 6) is 0.913. The first-order valence-electron chi connectivity index (χ1n) is 10.1. The number of aromatic nitrogens is 1. The van der Waals surface area contributed by atoms with E-state index in [-0.39, 0.29) is 12.1 Å².